The minimum absolute atomic E-state index is 0.120. The second kappa shape index (κ2) is 6.88. The van der Waals surface area contributed by atoms with Gasteiger partial charge in [-0.2, -0.15) is 0 Å². The van der Waals surface area contributed by atoms with Gasteiger partial charge in [0.05, 0.1) is 29.7 Å². The highest BCUT2D eigenvalue weighted by Crippen LogP contribution is 2.47. The molecule has 156 valence electrons. The molecular weight excluding hydrogens is 412 g/mol. The van der Waals surface area contributed by atoms with Gasteiger partial charge in [-0.1, -0.05) is 12.1 Å². The van der Waals surface area contributed by atoms with Gasteiger partial charge in [0.25, 0.3) is 10.5 Å². The number of nitrogens with zero attached hydrogens (tertiary/aromatic N) is 2. The number of nitro groups is 1. The van der Waals surface area contributed by atoms with Crippen LogP contribution in [0.25, 0.3) is 11.1 Å². The number of benzene rings is 2. The minimum atomic E-state index is -1.28. The molecule has 3 heterocycles. The number of oxazole rings is 1. The number of non-ortho nitro benzene ring substituents is 1. The van der Waals surface area contributed by atoms with E-state index >= 15 is 0 Å². The Morgan fingerprint density at radius 3 is 2.70 bits per heavy atom. The molecule has 0 spiro atoms. The Morgan fingerprint density at radius 2 is 1.97 bits per heavy atom. The molecule has 3 aromatic rings. The van der Waals surface area contributed by atoms with E-state index in [1.54, 1.807) is 17.6 Å². The van der Waals surface area contributed by atoms with Crippen LogP contribution in [0.5, 0.6) is 5.75 Å². The van der Waals surface area contributed by atoms with Crippen LogP contribution in [-0.4, -0.2) is 45.8 Å². The first kappa shape index (κ1) is 19.2. The van der Waals surface area contributed by atoms with Gasteiger partial charge in [0.1, 0.15) is 11.9 Å². The summed E-state index contributed by atoms with van der Waals surface area (Å²) < 4.78 is 24.8. The number of fused-ring (bicyclic) bond motifs is 2. The van der Waals surface area contributed by atoms with Gasteiger partial charge >= 0.3 is 0 Å². The van der Waals surface area contributed by atoms with Gasteiger partial charge in [0.2, 0.25) is 0 Å². The van der Waals surface area contributed by atoms with E-state index in [9.17, 15) is 15.2 Å². The Balaban J connectivity index is 1.76. The molecule has 0 unspecified atom stereocenters. The van der Waals surface area contributed by atoms with Crippen molar-refractivity contribution < 1.29 is 28.7 Å². The van der Waals surface area contributed by atoms with Gasteiger partial charge in [0.15, 0.2) is 17.5 Å². The lowest BCUT2D eigenvalue weighted by atomic mass is 9.84. The second-order valence-electron chi connectivity index (χ2n) is 7.43. The molecule has 2 aromatic carbocycles. The van der Waals surface area contributed by atoms with Crippen LogP contribution in [0.1, 0.15) is 18.5 Å². The number of aliphatic hydroxyl groups is 1. The Labute approximate surface area is 175 Å². The predicted octanol–water partition coefficient (Wildman–Crippen LogP) is 3.35. The molecular formula is C20H18N2O7S. The Bertz CT molecular complexity index is 1200. The number of hydrogen-bond acceptors (Lipinski definition) is 8. The quantitative estimate of drug-likeness (QED) is 0.383. The number of aromatic nitrogens is 1. The van der Waals surface area contributed by atoms with Crippen molar-refractivity contribution in [2.75, 3.05) is 13.2 Å². The Hall–Kier alpha value is -2.79. The molecule has 2 aliphatic rings. The van der Waals surface area contributed by atoms with Crippen LogP contribution in [0.4, 0.5) is 5.69 Å². The van der Waals surface area contributed by atoms with Crippen molar-refractivity contribution in [2.45, 2.75) is 31.0 Å². The van der Waals surface area contributed by atoms with Gasteiger partial charge in [-0.3, -0.25) is 14.7 Å². The van der Waals surface area contributed by atoms with Gasteiger partial charge in [0, 0.05) is 17.7 Å². The maximum Gasteiger partial charge on any atom is 0.270 e. The normalized spacial score (nSPS) is 26.5. The van der Waals surface area contributed by atoms with Crippen LogP contribution in [0.2, 0.25) is 0 Å². The summed E-state index contributed by atoms with van der Waals surface area (Å²) in [5, 5.41) is 22.9. The number of hydrogen-bond donors (Lipinski definition) is 1. The molecule has 10 heteroatoms. The lowest BCUT2D eigenvalue weighted by molar-refractivity contribution is -0.385. The molecule has 5 rings (SSSR count). The van der Waals surface area contributed by atoms with Gasteiger partial charge in [-0.05, 0) is 37.3 Å². The largest absolute Gasteiger partial charge is 0.479 e. The fraction of sp³-hybridized carbons (Fsp3) is 0.350. The van der Waals surface area contributed by atoms with E-state index in [0.717, 1.165) is 0 Å². The fourth-order valence-corrected chi connectivity index (χ4v) is 4.46. The van der Waals surface area contributed by atoms with Crippen molar-refractivity contribution in [2.24, 2.45) is 0 Å². The molecule has 1 N–H and O–H groups in total. The molecule has 3 atom stereocenters. The lowest BCUT2D eigenvalue weighted by Gasteiger charge is -2.46. The Kier molecular flexibility index (Phi) is 4.40. The first-order valence-corrected chi connectivity index (χ1v) is 9.79. The van der Waals surface area contributed by atoms with Crippen LogP contribution < -0.4 is 4.74 Å². The van der Waals surface area contributed by atoms with Crippen LogP contribution in [0.3, 0.4) is 0 Å². The molecule has 0 aliphatic carbocycles. The highest BCUT2D eigenvalue weighted by Gasteiger charge is 2.55. The molecule has 1 aromatic heterocycles. The van der Waals surface area contributed by atoms with E-state index in [2.05, 4.69) is 0 Å². The summed E-state index contributed by atoms with van der Waals surface area (Å²) in [6.07, 6.45) is -2.02. The summed E-state index contributed by atoms with van der Waals surface area (Å²) in [7, 11) is 0. The molecule has 0 amide bonds. The van der Waals surface area contributed by atoms with Crippen molar-refractivity contribution in [1.29, 1.82) is 0 Å². The summed E-state index contributed by atoms with van der Waals surface area (Å²) in [5.41, 5.74) is 0.225. The van der Waals surface area contributed by atoms with Crippen molar-refractivity contribution in [3.63, 3.8) is 0 Å². The topological polar surface area (TPSA) is 109 Å². The highest BCUT2D eigenvalue weighted by atomic mass is 32.1. The van der Waals surface area contributed by atoms with Crippen LogP contribution in [-0.2, 0) is 9.47 Å². The van der Waals surface area contributed by atoms with Crippen LogP contribution in [0.15, 0.2) is 46.9 Å². The SMILES string of the molecule is C[C@@]1(C2OCCO2)Oc2ccc([N+](=O)[O-])cc2[C@H](n2c(=S)oc3ccccc32)[C@H]1O. The molecule has 30 heavy (non-hydrogen) atoms. The third-order valence-electron chi connectivity index (χ3n) is 5.63. The van der Waals surface area contributed by atoms with Gasteiger partial charge in [-0.25, -0.2) is 0 Å². The summed E-state index contributed by atoms with van der Waals surface area (Å²) in [4.78, 5) is 11.0. The molecule has 0 saturated carbocycles. The van der Waals surface area contributed by atoms with Gasteiger partial charge < -0.3 is 23.7 Å². The van der Waals surface area contributed by atoms with Crippen molar-refractivity contribution in [1.82, 2.24) is 4.57 Å². The van der Waals surface area contributed by atoms with Crippen molar-refractivity contribution in [3.8, 4) is 5.75 Å². The van der Waals surface area contributed by atoms with E-state index in [4.69, 9.17) is 30.8 Å². The molecule has 0 bridgehead atoms. The molecule has 2 aliphatic heterocycles. The summed E-state index contributed by atoms with van der Waals surface area (Å²) >= 11 is 5.46. The fourth-order valence-electron chi connectivity index (χ4n) is 4.16. The average molecular weight is 430 g/mol. The standard InChI is InChI=1S/C20H18N2O7S/c1-20(18-26-8-9-27-18)17(23)16(12-10-11(22(24)25)6-7-14(12)29-20)21-13-4-2-3-5-15(13)28-19(21)30/h2-7,10,16-18,23H,8-9H2,1H3/t16-,17+,20+/m0/s1. The monoisotopic (exact) mass is 430 g/mol. The number of ether oxygens (including phenoxy) is 3. The number of aliphatic hydroxyl groups excluding tert-OH is 1. The van der Waals surface area contributed by atoms with E-state index in [1.165, 1.54) is 18.2 Å². The molecule has 9 nitrogen and oxygen atoms in total. The maximum absolute atomic E-state index is 11.5. The van der Waals surface area contributed by atoms with E-state index < -0.39 is 29.0 Å². The van der Waals surface area contributed by atoms with Crippen molar-refractivity contribution >= 4 is 29.0 Å². The molecule has 0 radical (unpaired) electrons. The van der Waals surface area contributed by atoms with Gasteiger partial charge in [-0.15, -0.1) is 0 Å². The number of rotatable bonds is 3. The van der Waals surface area contributed by atoms with Crippen LogP contribution >= 0.6 is 12.2 Å². The second-order valence-corrected chi connectivity index (χ2v) is 7.78. The first-order valence-electron chi connectivity index (χ1n) is 9.39. The zero-order valence-corrected chi connectivity index (χ0v) is 16.7. The number of para-hydroxylation sites is 2. The third kappa shape index (κ3) is 2.76. The highest BCUT2D eigenvalue weighted by molar-refractivity contribution is 7.71. The number of nitro benzene ring substituents is 1. The Morgan fingerprint density at radius 1 is 1.23 bits per heavy atom. The summed E-state index contributed by atoms with van der Waals surface area (Å²) in [6.45, 7) is 2.45. The zero-order chi connectivity index (χ0) is 21.0. The first-order chi connectivity index (χ1) is 14.4. The van der Waals surface area contributed by atoms with Crippen LogP contribution in [0, 0.1) is 15.0 Å². The minimum Gasteiger partial charge on any atom is -0.479 e. The molecule has 1 saturated heterocycles. The van der Waals surface area contributed by atoms with E-state index in [1.807, 2.05) is 18.2 Å². The smallest absolute Gasteiger partial charge is 0.270 e. The van der Waals surface area contributed by atoms with E-state index in [-0.39, 0.29) is 10.5 Å². The average Bonchev–Trinajstić information content (AvgIpc) is 3.37. The maximum atomic E-state index is 11.5. The summed E-state index contributed by atoms with van der Waals surface area (Å²) in [5.74, 6) is 0.379. The van der Waals surface area contributed by atoms with E-state index in [0.29, 0.717) is 35.6 Å². The molecule has 1 fully saturated rings. The third-order valence-corrected chi connectivity index (χ3v) is 5.91. The lowest BCUT2D eigenvalue weighted by Crippen LogP contribution is -2.60. The summed E-state index contributed by atoms with van der Waals surface area (Å²) in [6, 6.07) is 10.7. The predicted molar refractivity (Wildman–Crippen MR) is 107 cm³/mol. The van der Waals surface area contributed by atoms with Crippen molar-refractivity contribution in [3.05, 3.63) is 63.0 Å². The zero-order valence-electron chi connectivity index (χ0n) is 15.9.